The molecule has 1 aliphatic heterocycles. The number of hydrogen-bond donors (Lipinski definition) is 3. The van der Waals surface area contributed by atoms with Crippen molar-refractivity contribution in [2.24, 2.45) is 0 Å². The van der Waals surface area contributed by atoms with E-state index in [2.05, 4.69) is 58.4 Å². The minimum absolute atomic E-state index is 0.176. The van der Waals surface area contributed by atoms with E-state index in [0.717, 1.165) is 88.3 Å². The van der Waals surface area contributed by atoms with E-state index in [9.17, 15) is 5.11 Å². The third-order valence-corrected chi connectivity index (χ3v) is 7.03. The van der Waals surface area contributed by atoms with E-state index in [1.807, 2.05) is 12.4 Å². The smallest absolute Gasteiger partial charge is 0.224 e. The number of aliphatic hydroxyl groups excluding tert-OH is 1. The third kappa shape index (κ3) is 6.87. The average Bonchev–Trinajstić information content (AvgIpc) is 2.83. The predicted octanol–water partition coefficient (Wildman–Crippen LogP) is 3.60. The van der Waals surface area contributed by atoms with Crippen molar-refractivity contribution < 1.29 is 5.11 Å². The molecule has 34 heavy (non-hydrogen) atoms. The molecule has 4 rings (SSSR count). The van der Waals surface area contributed by atoms with E-state index in [0.29, 0.717) is 18.0 Å². The Morgan fingerprint density at radius 2 is 1.82 bits per heavy atom. The Balaban J connectivity index is 1.50. The second-order valence-electron chi connectivity index (χ2n) is 10.1. The summed E-state index contributed by atoms with van der Waals surface area (Å²) >= 11 is 0. The van der Waals surface area contributed by atoms with Gasteiger partial charge in [0.2, 0.25) is 5.95 Å². The van der Waals surface area contributed by atoms with Crippen molar-refractivity contribution in [3.63, 3.8) is 0 Å². The van der Waals surface area contributed by atoms with Crippen LogP contribution in [0.3, 0.4) is 0 Å². The minimum Gasteiger partial charge on any atom is -0.393 e. The van der Waals surface area contributed by atoms with Crippen molar-refractivity contribution in [2.45, 2.75) is 77.1 Å². The first-order valence-electron chi connectivity index (χ1n) is 12.9. The van der Waals surface area contributed by atoms with Gasteiger partial charge in [-0.25, -0.2) is 4.98 Å². The van der Waals surface area contributed by atoms with Gasteiger partial charge in [0.15, 0.2) is 0 Å². The molecule has 2 aliphatic rings. The number of anilines is 2. The molecule has 0 unspecified atom stereocenters. The minimum atomic E-state index is -0.176. The van der Waals surface area contributed by atoms with E-state index in [-0.39, 0.29) is 6.10 Å². The van der Waals surface area contributed by atoms with Gasteiger partial charge in [0.1, 0.15) is 5.82 Å². The fraction of sp³-hybridized carbons (Fsp3) is 0.654. The maximum atomic E-state index is 9.90. The van der Waals surface area contributed by atoms with Crippen LogP contribution in [0, 0.1) is 0 Å². The van der Waals surface area contributed by atoms with E-state index in [4.69, 9.17) is 9.97 Å². The quantitative estimate of drug-likeness (QED) is 0.515. The molecule has 0 bridgehead atoms. The van der Waals surface area contributed by atoms with Gasteiger partial charge in [-0.15, -0.1) is 0 Å². The molecule has 0 aromatic carbocycles. The van der Waals surface area contributed by atoms with Gasteiger partial charge in [-0.2, -0.15) is 4.98 Å². The van der Waals surface area contributed by atoms with Crippen molar-refractivity contribution in [1.82, 2.24) is 24.8 Å². The number of likely N-dealkylation sites (N-methyl/N-ethyl adjacent to an activating group) is 1. The fourth-order valence-corrected chi connectivity index (χ4v) is 4.83. The highest BCUT2D eigenvalue weighted by molar-refractivity contribution is 5.73. The Hall–Kier alpha value is -2.29. The topological polar surface area (TPSA) is 89.4 Å². The van der Waals surface area contributed by atoms with Gasteiger partial charge in [0, 0.05) is 57.2 Å². The Kier molecular flexibility index (Phi) is 8.69. The van der Waals surface area contributed by atoms with Crippen LogP contribution in [0.4, 0.5) is 11.8 Å². The molecule has 1 atom stereocenters. The Labute approximate surface area is 204 Å². The first-order chi connectivity index (χ1) is 16.5. The van der Waals surface area contributed by atoms with Crippen LogP contribution in [-0.4, -0.2) is 81.3 Å². The number of nitrogens with zero attached hydrogens (tertiary/aromatic N) is 5. The molecule has 8 heteroatoms. The number of hydrogen-bond acceptors (Lipinski definition) is 8. The second kappa shape index (κ2) is 11.9. The zero-order valence-corrected chi connectivity index (χ0v) is 21.0. The Morgan fingerprint density at radius 1 is 1.06 bits per heavy atom. The molecular formula is C26H41N7O. The van der Waals surface area contributed by atoms with Gasteiger partial charge >= 0.3 is 0 Å². The molecule has 0 radical (unpaired) electrons. The van der Waals surface area contributed by atoms with Gasteiger partial charge < -0.3 is 20.6 Å². The lowest BCUT2D eigenvalue weighted by molar-refractivity contribution is 0.126. The maximum Gasteiger partial charge on any atom is 0.224 e. The number of aliphatic hydroxyl groups is 1. The van der Waals surface area contributed by atoms with Gasteiger partial charge in [-0.1, -0.05) is 19.4 Å². The van der Waals surface area contributed by atoms with Crippen LogP contribution in [0.2, 0.25) is 0 Å². The Bertz CT molecular complexity index is 891. The SMILES string of the molecule is CCC[C@@H](C)Nc1ncc(-c2ccc(CN3CCN(C)CC3)cn2)c(NC2CCC(O)CC2)n1. The molecule has 2 aromatic heterocycles. The van der Waals surface area contributed by atoms with Crippen molar-refractivity contribution in [3.8, 4) is 11.3 Å². The molecule has 3 heterocycles. The zero-order valence-electron chi connectivity index (χ0n) is 21.0. The van der Waals surface area contributed by atoms with Gasteiger partial charge in [-0.05, 0) is 57.7 Å². The second-order valence-corrected chi connectivity index (χ2v) is 10.1. The lowest BCUT2D eigenvalue weighted by atomic mass is 9.93. The molecule has 2 aromatic rings. The van der Waals surface area contributed by atoms with E-state index >= 15 is 0 Å². The van der Waals surface area contributed by atoms with Crippen LogP contribution < -0.4 is 10.6 Å². The van der Waals surface area contributed by atoms with Gasteiger partial charge in [-0.3, -0.25) is 9.88 Å². The molecule has 186 valence electrons. The van der Waals surface area contributed by atoms with E-state index in [1.165, 1.54) is 5.56 Å². The summed E-state index contributed by atoms with van der Waals surface area (Å²) in [5, 5.41) is 17.0. The lowest BCUT2D eigenvalue weighted by Crippen LogP contribution is -2.43. The van der Waals surface area contributed by atoms with Gasteiger partial charge in [0.05, 0.1) is 17.4 Å². The molecule has 1 saturated heterocycles. The first kappa shape index (κ1) is 24.8. The molecule has 1 aliphatic carbocycles. The highest BCUT2D eigenvalue weighted by Gasteiger charge is 2.22. The monoisotopic (exact) mass is 467 g/mol. The zero-order chi connectivity index (χ0) is 23.9. The summed E-state index contributed by atoms with van der Waals surface area (Å²) in [6.45, 7) is 9.72. The average molecular weight is 468 g/mol. The van der Waals surface area contributed by atoms with Crippen LogP contribution >= 0.6 is 0 Å². The number of pyridine rings is 1. The number of nitrogens with one attached hydrogen (secondary N) is 2. The number of aromatic nitrogens is 3. The fourth-order valence-electron chi connectivity index (χ4n) is 4.83. The lowest BCUT2D eigenvalue weighted by Gasteiger charge is -2.32. The first-order valence-corrected chi connectivity index (χ1v) is 12.9. The normalized spacial score (nSPS) is 22.9. The largest absolute Gasteiger partial charge is 0.393 e. The van der Waals surface area contributed by atoms with Crippen LogP contribution in [-0.2, 0) is 6.54 Å². The number of piperazine rings is 1. The Morgan fingerprint density at radius 3 is 2.50 bits per heavy atom. The molecule has 3 N–H and O–H groups in total. The van der Waals surface area contributed by atoms with Crippen molar-refractivity contribution in [1.29, 1.82) is 0 Å². The summed E-state index contributed by atoms with van der Waals surface area (Å²) in [7, 11) is 2.18. The summed E-state index contributed by atoms with van der Waals surface area (Å²) in [5.74, 6) is 1.47. The van der Waals surface area contributed by atoms with E-state index < -0.39 is 0 Å². The molecule has 2 fully saturated rings. The predicted molar refractivity (Wildman–Crippen MR) is 138 cm³/mol. The standard InChI is InChI=1S/C26H41N7O/c1-4-5-19(2)29-26-28-17-23(25(31-26)30-21-7-9-22(34)10-8-21)24-11-6-20(16-27-24)18-33-14-12-32(3)13-15-33/h6,11,16-17,19,21-22,34H,4-5,7-10,12-15,18H2,1-3H3,(H2,28,29,30,31)/t19-,21?,22?/m1/s1. The van der Waals surface area contributed by atoms with E-state index in [1.54, 1.807) is 0 Å². The molecule has 8 nitrogen and oxygen atoms in total. The summed E-state index contributed by atoms with van der Waals surface area (Å²) in [4.78, 5) is 19.1. The van der Waals surface area contributed by atoms with Crippen LogP contribution in [0.15, 0.2) is 24.5 Å². The third-order valence-electron chi connectivity index (χ3n) is 7.03. The van der Waals surface area contributed by atoms with Crippen molar-refractivity contribution in [2.75, 3.05) is 43.9 Å². The maximum absolute atomic E-state index is 9.90. The highest BCUT2D eigenvalue weighted by atomic mass is 16.3. The van der Waals surface area contributed by atoms with Crippen molar-refractivity contribution >= 4 is 11.8 Å². The van der Waals surface area contributed by atoms with Crippen molar-refractivity contribution in [3.05, 3.63) is 30.1 Å². The van der Waals surface area contributed by atoms with Crippen LogP contribution in [0.25, 0.3) is 11.3 Å². The summed E-state index contributed by atoms with van der Waals surface area (Å²) in [5.41, 5.74) is 3.04. The highest BCUT2D eigenvalue weighted by Crippen LogP contribution is 2.29. The molecule has 0 spiro atoms. The molecule has 1 saturated carbocycles. The summed E-state index contributed by atoms with van der Waals surface area (Å²) in [6, 6.07) is 4.89. The summed E-state index contributed by atoms with van der Waals surface area (Å²) in [6.07, 6.45) is 9.43. The van der Waals surface area contributed by atoms with Crippen LogP contribution in [0.5, 0.6) is 0 Å². The van der Waals surface area contributed by atoms with Crippen LogP contribution in [0.1, 0.15) is 57.9 Å². The number of rotatable bonds is 9. The molecular weight excluding hydrogens is 426 g/mol. The molecule has 0 amide bonds. The van der Waals surface area contributed by atoms with Gasteiger partial charge in [0.25, 0.3) is 0 Å². The summed E-state index contributed by atoms with van der Waals surface area (Å²) < 4.78 is 0.